The molecule has 2 aromatic carbocycles. The highest BCUT2D eigenvalue weighted by molar-refractivity contribution is 7.80. The van der Waals surface area contributed by atoms with Crippen molar-refractivity contribution in [1.29, 1.82) is 0 Å². The predicted octanol–water partition coefficient (Wildman–Crippen LogP) is 3.94. The lowest BCUT2D eigenvalue weighted by atomic mass is 10.2. The van der Waals surface area contributed by atoms with Gasteiger partial charge in [0.15, 0.2) is 5.11 Å². The molecule has 2 aromatic rings. The van der Waals surface area contributed by atoms with Crippen molar-refractivity contribution in [3.05, 3.63) is 59.1 Å². The summed E-state index contributed by atoms with van der Waals surface area (Å²) < 4.78 is 4.68. The van der Waals surface area contributed by atoms with Gasteiger partial charge in [0.1, 0.15) is 0 Å². The number of halogens is 1. The number of benzene rings is 2. The monoisotopic (exact) mass is 320 g/mol. The minimum atomic E-state index is -0.393. The van der Waals surface area contributed by atoms with Gasteiger partial charge < -0.3 is 15.4 Å². The van der Waals surface area contributed by atoms with E-state index in [2.05, 4.69) is 15.4 Å². The van der Waals surface area contributed by atoms with E-state index in [0.717, 1.165) is 5.69 Å². The number of hydrogen-bond donors (Lipinski definition) is 2. The fraction of sp³-hybridized carbons (Fsp3) is 0.0667. The average Bonchev–Trinajstić information content (AvgIpc) is 2.49. The Labute approximate surface area is 133 Å². The minimum absolute atomic E-state index is 0.393. The third-order valence-corrected chi connectivity index (χ3v) is 3.10. The zero-order chi connectivity index (χ0) is 15.2. The van der Waals surface area contributed by atoms with Crippen LogP contribution in [0.25, 0.3) is 0 Å². The lowest BCUT2D eigenvalue weighted by Crippen LogP contribution is -2.19. The van der Waals surface area contributed by atoms with Gasteiger partial charge in [0.2, 0.25) is 0 Å². The van der Waals surface area contributed by atoms with E-state index in [0.29, 0.717) is 21.4 Å². The molecule has 108 valence electrons. The Hall–Kier alpha value is -2.11. The summed E-state index contributed by atoms with van der Waals surface area (Å²) in [6.45, 7) is 0. The molecule has 6 heteroatoms. The van der Waals surface area contributed by atoms with Gasteiger partial charge in [-0.05, 0) is 54.7 Å². The van der Waals surface area contributed by atoms with E-state index < -0.39 is 5.97 Å². The van der Waals surface area contributed by atoms with Crippen LogP contribution in [0.2, 0.25) is 5.02 Å². The number of methoxy groups -OCH3 is 1. The van der Waals surface area contributed by atoms with Crippen LogP contribution in [-0.2, 0) is 4.74 Å². The Kier molecular flexibility index (Phi) is 5.14. The highest BCUT2D eigenvalue weighted by Crippen LogP contribution is 2.15. The summed E-state index contributed by atoms with van der Waals surface area (Å²) >= 11 is 11.0. The van der Waals surface area contributed by atoms with Crippen LogP contribution in [0.3, 0.4) is 0 Å². The third-order valence-electron chi connectivity index (χ3n) is 2.64. The van der Waals surface area contributed by atoms with Crippen LogP contribution >= 0.6 is 23.8 Å². The smallest absolute Gasteiger partial charge is 0.337 e. The first-order valence-electron chi connectivity index (χ1n) is 6.10. The van der Waals surface area contributed by atoms with Crippen LogP contribution in [0.5, 0.6) is 0 Å². The molecular weight excluding hydrogens is 308 g/mol. The third kappa shape index (κ3) is 4.44. The first-order chi connectivity index (χ1) is 10.1. The first-order valence-corrected chi connectivity index (χ1v) is 6.89. The molecule has 0 radical (unpaired) electrons. The van der Waals surface area contributed by atoms with E-state index in [1.54, 1.807) is 30.3 Å². The van der Waals surface area contributed by atoms with Crippen molar-refractivity contribution in [3.8, 4) is 0 Å². The second-order valence-corrected chi connectivity index (χ2v) is 5.00. The molecule has 0 aliphatic rings. The maximum absolute atomic E-state index is 11.5. The summed E-state index contributed by atoms with van der Waals surface area (Å²) in [5, 5.41) is 7.10. The lowest BCUT2D eigenvalue weighted by molar-refractivity contribution is 0.0601. The van der Waals surface area contributed by atoms with E-state index in [1.807, 2.05) is 18.2 Å². The summed E-state index contributed by atoms with van der Waals surface area (Å²) in [7, 11) is 1.34. The summed E-state index contributed by atoms with van der Waals surface area (Å²) in [4.78, 5) is 11.5. The summed E-state index contributed by atoms with van der Waals surface area (Å²) in [6.07, 6.45) is 0. The van der Waals surface area contributed by atoms with E-state index in [1.165, 1.54) is 7.11 Å². The Morgan fingerprint density at radius 2 is 1.76 bits per heavy atom. The number of hydrogen-bond acceptors (Lipinski definition) is 3. The zero-order valence-electron chi connectivity index (χ0n) is 11.2. The fourth-order valence-corrected chi connectivity index (χ4v) is 2.03. The summed E-state index contributed by atoms with van der Waals surface area (Å²) in [6, 6.07) is 14.1. The van der Waals surface area contributed by atoms with Gasteiger partial charge in [0.25, 0.3) is 0 Å². The van der Waals surface area contributed by atoms with Crippen LogP contribution in [0.1, 0.15) is 10.4 Å². The second kappa shape index (κ2) is 7.06. The van der Waals surface area contributed by atoms with E-state index in [9.17, 15) is 4.79 Å². The molecule has 0 saturated carbocycles. The highest BCUT2D eigenvalue weighted by Gasteiger charge is 2.06. The largest absolute Gasteiger partial charge is 0.465 e. The van der Waals surface area contributed by atoms with Crippen molar-refractivity contribution in [1.82, 2.24) is 0 Å². The standard InChI is InChI=1S/C15H13ClN2O2S/c1-20-14(19)10-3-2-4-13(9-10)18-15(21)17-12-7-5-11(16)6-8-12/h2-9H,1H3,(H2,17,18,21). The Morgan fingerprint density at radius 3 is 2.43 bits per heavy atom. The molecule has 0 unspecified atom stereocenters. The number of carbonyl (C=O) groups is 1. The van der Waals surface area contributed by atoms with Gasteiger partial charge in [-0.3, -0.25) is 0 Å². The van der Waals surface area contributed by atoms with E-state index >= 15 is 0 Å². The molecule has 0 amide bonds. The zero-order valence-corrected chi connectivity index (χ0v) is 12.8. The van der Waals surface area contributed by atoms with Crippen LogP contribution in [0.4, 0.5) is 11.4 Å². The van der Waals surface area contributed by atoms with Crippen molar-refractivity contribution < 1.29 is 9.53 Å². The van der Waals surface area contributed by atoms with Crippen molar-refractivity contribution in [2.45, 2.75) is 0 Å². The normalized spacial score (nSPS) is 9.81. The topological polar surface area (TPSA) is 50.4 Å². The molecule has 0 atom stereocenters. The van der Waals surface area contributed by atoms with Gasteiger partial charge >= 0.3 is 5.97 Å². The number of esters is 1. The Morgan fingerprint density at radius 1 is 1.10 bits per heavy atom. The number of thiocarbonyl (C=S) groups is 1. The van der Waals surface area contributed by atoms with E-state index in [-0.39, 0.29) is 0 Å². The lowest BCUT2D eigenvalue weighted by Gasteiger charge is -2.11. The predicted molar refractivity (Wildman–Crippen MR) is 89.1 cm³/mol. The van der Waals surface area contributed by atoms with Gasteiger partial charge in [0.05, 0.1) is 12.7 Å². The molecule has 0 saturated heterocycles. The molecule has 0 spiro atoms. The summed E-state index contributed by atoms with van der Waals surface area (Å²) in [5.41, 5.74) is 1.97. The highest BCUT2D eigenvalue weighted by atomic mass is 35.5. The molecule has 2 rings (SSSR count). The Balaban J connectivity index is 2.02. The van der Waals surface area contributed by atoms with Crippen LogP contribution in [0.15, 0.2) is 48.5 Å². The molecule has 21 heavy (non-hydrogen) atoms. The van der Waals surface area contributed by atoms with Crippen LogP contribution in [-0.4, -0.2) is 18.2 Å². The molecule has 0 heterocycles. The molecular formula is C15H13ClN2O2S. The number of anilines is 2. The van der Waals surface area contributed by atoms with E-state index in [4.69, 9.17) is 23.8 Å². The maximum Gasteiger partial charge on any atom is 0.337 e. The number of nitrogens with one attached hydrogen (secondary N) is 2. The second-order valence-electron chi connectivity index (χ2n) is 4.16. The molecule has 0 aliphatic heterocycles. The van der Waals surface area contributed by atoms with Gasteiger partial charge in [-0.2, -0.15) is 0 Å². The van der Waals surface area contributed by atoms with Crippen LogP contribution in [0, 0.1) is 0 Å². The number of rotatable bonds is 3. The molecule has 0 bridgehead atoms. The van der Waals surface area contributed by atoms with Gasteiger partial charge in [-0.1, -0.05) is 17.7 Å². The number of carbonyl (C=O) groups excluding carboxylic acids is 1. The van der Waals surface area contributed by atoms with Crippen molar-refractivity contribution in [2.75, 3.05) is 17.7 Å². The summed E-state index contributed by atoms with van der Waals surface area (Å²) in [5.74, 6) is -0.393. The van der Waals surface area contributed by atoms with Gasteiger partial charge in [-0.15, -0.1) is 0 Å². The first kappa shape index (κ1) is 15.3. The molecule has 2 N–H and O–H groups in total. The molecule has 0 aromatic heterocycles. The SMILES string of the molecule is COC(=O)c1cccc(NC(=S)Nc2ccc(Cl)cc2)c1. The fourth-order valence-electron chi connectivity index (χ4n) is 1.67. The van der Waals surface area contributed by atoms with Crippen molar-refractivity contribution in [2.24, 2.45) is 0 Å². The van der Waals surface area contributed by atoms with Gasteiger partial charge in [-0.25, -0.2) is 4.79 Å². The van der Waals surface area contributed by atoms with Gasteiger partial charge in [0, 0.05) is 16.4 Å². The van der Waals surface area contributed by atoms with Crippen molar-refractivity contribution >= 4 is 46.3 Å². The molecule has 0 aliphatic carbocycles. The average molecular weight is 321 g/mol. The quantitative estimate of drug-likeness (QED) is 0.663. The Bertz CT molecular complexity index is 659. The van der Waals surface area contributed by atoms with Crippen molar-refractivity contribution in [3.63, 3.8) is 0 Å². The minimum Gasteiger partial charge on any atom is -0.465 e. The molecule has 4 nitrogen and oxygen atoms in total. The van der Waals surface area contributed by atoms with Crippen LogP contribution < -0.4 is 10.6 Å². The maximum atomic E-state index is 11.5. The number of ether oxygens (including phenoxy) is 1. The molecule has 0 fully saturated rings.